The summed E-state index contributed by atoms with van der Waals surface area (Å²) in [4.78, 5) is 0. The van der Waals surface area contributed by atoms with Gasteiger partial charge in [0.15, 0.2) is 0 Å². The predicted octanol–water partition coefficient (Wildman–Crippen LogP) is 19.2. The highest BCUT2D eigenvalue weighted by Crippen LogP contribution is 2.55. The molecule has 6 heteroatoms. The van der Waals surface area contributed by atoms with Crippen LogP contribution >= 0.6 is 0 Å². The standard InChI is InChI=1S/C74H64N6/c1-10-12-14-16-29-47(3)73(6,7)49(5)48(4)61(37-15-13-11-2)77-68-57(45-75)58(46-76)70(80-66-42-28-22-34-54(66)55-43-44-60-67(69(55)80)56-35-17-23-36-59(56)74(60,8)9)72(79-64-40-26-20-32-52(64)53-33-21-27-41-65(53)79)71(68)78-62-38-24-18-30-50(62)51-31-19-25-39-63(51)78/h11-36,38-44,48,61,77H,2-3,5,10,37H2,1,4,6-9H3/b14-12-,15-13-,29-16-. The van der Waals surface area contributed by atoms with Crippen LogP contribution in [-0.4, -0.2) is 19.7 Å². The van der Waals surface area contributed by atoms with E-state index in [0.717, 1.165) is 105 Å². The van der Waals surface area contributed by atoms with Crippen molar-refractivity contribution in [2.45, 2.75) is 65.8 Å². The quantitative estimate of drug-likeness (QED) is 0.0821. The van der Waals surface area contributed by atoms with Gasteiger partial charge in [-0.05, 0) is 71.4 Å². The van der Waals surface area contributed by atoms with E-state index in [1.807, 2.05) is 6.08 Å². The molecule has 2 unspecified atom stereocenters. The van der Waals surface area contributed by atoms with Crippen molar-refractivity contribution in [3.63, 3.8) is 0 Å². The number of hydrogen-bond donors (Lipinski definition) is 1. The number of anilines is 1. The molecular weight excluding hydrogens is 973 g/mol. The number of fused-ring (bicyclic) bond motifs is 13. The van der Waals surface area contributed by atoms with Gasteiger partial charge in [0, 0.05) is 54.8 Å². The average Bonchev–Trinajstić information content (AvgIpc) is 2.65. The van der Waals surface area contributed by atoms with E-state index in [2.05, 4.69) is 274 Å². The van der Waals surface area contributed by atoms with Crippen LogP contribution in [-0.2, 0) is 5.41 Å². The molecule has 0 bridgehead atoms. The summed E-state index contributed by atoms with van der Waals surface area (Å²) >= 11 is 0. The molecule has 390 valence electrons. The van der Waals surface area contributed by atoms with Gasteiger partial charge in [0.1, 0.15) is 12.1 Å². The van der Waals surface area contributed by atoms with Crippen molar-refractivity contribution < 1.29 is 0 Å². The Morgan fingerprint density at radius 3 is 1.62 bits per heavy atom. The first-order chi connectivity index (χ1) is 38.9. The zero-order valence-electron chi connectivity index (χ0n) is 46.5. The monoisotopic (exact) mass is 1040 g/mol. The van der Waals surface area contributed by atoms with E-state index in [9.17, 15) is 10.5 Å². The maximum Gasteiger partial charge on any atom is 0.103 e. The Balaban J connectivity index is 1.30. The highest BCUT2D eigenvalue weighted by atomic mass is 15.1. The van der Waals surface area contributed by atoms with Crippen LogP contribution in [0.15, 0.2) is 231 Å². The molecule has 6 nitrogen and oxygen atoms in total. The average molecular weight is 1040 g/mol. The van der Waals surface area contributed by atoms with Crippen molar-refractivity contribution in [1.82, 2.24) is 13.7 Å². The van der Waals surface area contributed by atoms with Crippen molar-refractivity contribution in [2.24, 2.45) is 11.3 Å². The number of para-hydroxylation sites is 5. The molecule has 0 amide bonds. The van der Waals surface area contributed by atoms with Crippen molar-refractivity contribution in [3.8, 4) is 40.3 Å². The number of nitrogens with zero attached hydrogens (tertiary/aromatic N) is 5. The van der Waals surface area contributed by atoms with Crippen molar-refractivity contribution in [2.75, 3.05) is 5.32 Å². The molecule has 3 aromatic heterocycles. The Morgan fingerprint density at radius 2 is 1.09 bits per heavy atom. The zero-order valence-corrected chi connectivity index (χ0v) is 46.5. The van der Waals surface area contributed by atoms with Crippen LogP contribution in [0, 0.1) is 34.0 Å². The summed E-state index contributed by atoms with van der Waals surface area (Å²) in [5.41, 5.74) is 14.7. The number of allylic oxidation sites excluding steroid dienone is 7. The Hall–Kier alpha value is -9.62. The third-order valence-electron chi connectivity index (χ3n) is 17.4. The summed E-state index contributed by atoms with van der Waals surface area (Å²) < 4.78 is 7.06. The van der Waals surface area contributed by atoms with Crippen LogP contribution in [0.1, 0.15) is 76.6 Å². The van der Waals surface area contributed by atoms with Crippen LogP contribution in [0.2, 0.25) is 0 Å². The fraction of sp³-hybridized carbons (Fsp3) is 0.162. The number of nitrogens with one attached hydrogen (secondary N) is 1. The van der Waals surface area contributed by atoms with E-state index in [4.69, 9.17) is 6.58 Å². The van der Waals surface area contributed by atoms with Gasteiger partial charge in [0.25, 0.3) is 0 Å². The lowest BCUT2D eigenvalue weighted by Crippen LogP contribution is -2.34. The highest BCUT2D eigenvalue weighted by molar-refractivity contribution is 6.18. The SMILES string of the molecule is C=C/C=C\CC(Nc1c(C#N)c(C#N)c(-n2c3ccccc3c3ccc4c(c32)-c2ccccc2C4(C)C)c(-n2c3ccccc3c3ccccc32)c1-n1c2ccccc2c2ccccc21)C(C)C(=C)C(C)(C)C(=C)/C=C\C=C/CC. The maximum atomic E-state index is 12.4. The summed E-state index contributed by atoms with van der Waals surface area (Å²) in [6, 6.07) is 61.3. The number of rotatable bonds is 15. The smallest absolute Gasteiger partial charge is 0.103 e. The molecular formula is C74H64N6. The normalized spacial score (nSPS) is 13.9. The largest absolute Gasteiger partial charge is 0.379 e. The van der Waals surface area contributed by atoms with Gasteiger partial charge in [-0.15, -0.1) is 0 Å². The molecule has 1 aliphatic carbocycles. The molecule has 2 atom stereocenters. The summed E-state index contributed by atoms with van der Waals surface area (Å²) in [6.45, 7) is 26.9. The Bertz CT molecular complexity index is 4470. The van der Waals surface area contributed by atoms with Gasteiger partial charge in [-0.3, -0.25) is 0 Å². The second-order valence-corrected chi connectivity index (χ2v) is 22.4. The fourth-order valence-electron chi connectivity index (χ4n) is 13.0. The van der Waals surface area contributed by atoms with E-state index in [1.54, 1.807) is 6.08 Å². The number of benzene rings is 8. The third-order valence-corrected chi connectivity index (χ3v) is 17.4. The summed E-state index contributed by atoms with van der Waals surface area (Å²) in [6.07, 6.45) is 15.7. The van der Waals surface area contributed by atoms with Gasteiger partial charge >= 0.3 is 0 Å². The molecule has 8 aromatic carbocycles. The van der Waals surface area contributed by atoms with E-state index in [-0.39, 0.29) is 28.5 Å². The molecule has 3 heterocycles. The Morgan fingerprint density at radius 1 is 0.588 bits per heavy atom. The first-order valence-corrected chi connectivity index (χ1v) is 27.8. The Labute approximate surface area is 469 Å². The Kier molecular flexibility index (Phi) is 12.8. The second kappa shape index (κ2) is 20.0. The first kappa shape index (κ1) is 51.2. The van der Waals surface area contributed by atoms with Crippen LogP contribution in [0.25, 0.3) is 93.6 Å². The van der Waals surface area contributed by atoms with Gasteiger partial charge < -0.3 is 19.0 Å². The number of nitriles is 2. The van der Waals surface area contributed by atoms with Crippen molar-refractivity contribution in [3.05, 3.63) is 253 Å². The number of hydrogen-bond acceptors (Lipinski definition) is 3. The molecule has 80 heavy (non-hydrogen) atoms. The van der Waals surface area contributed by atoms with Gasteiger partial charge in [0.05, 0.1) is 67.0 Å². The minimum atomic E-state index is -0.522. The first-order valence-electron chi connectivity index (χ1n) is 27.8. The molecule has 0 spiro atoms. The molecule has 1 aliphatic rings. The molecule has 0 aliphatic heterocycles. The molecule has 1 N–H and O–H groups in total. The maximum absolute atomic E-state index is 12.4. The predicted molar refractivity (Wildman–Crippen MR) is 338 cm³/mol. The molecule has 0 radical (unpaired) electrons. The lowest BCUT2D eigenvalue weighted by Gasteiger charge is -2.37. The van der Waals surface area contributed by atoms with Crippen molar-refractivity contribution >= 4 is 71.1 Å². The number of aromatic nitrogens is 3. The lowest BCUT2D eigenvalue weighted by atomic mass is 9.71. The van der Waals surface area contributed by atoms with Crippen LogP contribution in [0.4, 0.5) is 5.69 Å². The minimum absolute atomic E-state index is 0.196. The van der Waals surface area contributed by atoms with E-state index in [1.165, 1.54) is 11.1 Å². The minimum Gasteiger partial charge on any atom is -0.379 e. The fourth-order valence-corrected chi connectivity index (χ4v) is 13.0. The van der Waals surface area contributed by atoms with E-state index in [0.29, 0.717) is 17.8 Å². The molecule has 0 fully saturated rings. The lowest BCUT2D eigenvalue weighted by molar-refractivity contribution is 0.434. The highest BCUT2D eigenvalue weighted by Gasteiger charge is 2.40. The van der Waals surface area contributed by atoms with Crippen LogP contribution < -0.4 is 5.32 Å². The van der Waals surface area contributed by atoms with Gasteiger partial charge in [-0.1, -0.05) is 237 Å². The van der Waals surface area contributed by atoms with Gasteiger partial charge in [0.2, 0.25) is 0 Å². The molecule has 11 aromatic rings. The second-order valence-electron chi connectivity index (χ2n) is 22.4. The van der Waals surface area contributed by atoms with Gasteiger partial charge in [-0.25, -0.2) is 0 Å². The van der Waals surface area contributed by atoms with E-state index < -0.39 is 5.41 Å². The molecule has 0 saturated heterocycles. The molecule has 0 saturated carbocycles. The summed E-state index contributed by atoms with van der Waals surface area (Å²) in [7, 11) is 0. The summed E-state index contributed by atoms with van der Waals surface area (Å²) in [5.74, 6) is -0.196. The van der Waals surface area contributed by atoms with Crippen molar-refractivity contribution in [1.29, 1.82) is 10.5 Å². The van der Waals surface area contributed by atoms with Gasteiger partial charge in [-0.2, -0.15) is 10.5 Å². The topological polar surface area (TPSA) is 74.4 Å². The van der Waals surface area contributed by atoms with Crippen LogP contribution in [0.3, 0.4) is 0 Å². The molecule has 12 rings (SSSR count). The third kappa shape index (κ3) is 7.73. The summed E-state index contributed by atoms with van der Waals surface area (Å²) in [5, 5.41) is 35.2. The van der Waals surface area contributed by atoms with E-state index >= 15 is 0 Å². The van der Waals surface area contributed by atoms with Crippen LogP contribution in [0.5, 0.6) is 0 Å². The zero-order chi connectivity index (χ0) is 55.6.